The lowest BCUT2D eigenvalue weighted by Crippen LogP contribution is -2.47. The molecule has 0 bridgehead atoms. The van der Waals surface area contributed by atoms with Crippen molar-refractivity contribution in [2.45, 2.75) is 6.42 Å². The van der Waals surface area contributed by atoms with Gasteiger partial charge < -0.3 is 14.2 Å². The topological polar surface area (TPSA) is 78.9 Å². The summed E-state index contributed by atoms with van der Waals surface area (Å²) in [4.78, 5) is 37.1. The van der Waals surface area contributed by atoms with Gasteiger partial charge in [0, 0.05) is 17.1 Å². The van der Waals surface area contributed by atoms with Gasteiger partial charge in [-0.3, -0.25) is 9.59 Å². The molecule has 6 heteroatoms. The standard InChI is InChI=1S/C18H16O6/c1-22-15(19)12-8-9-18(16(20)23-2)13(12)10-14(24-17(18)21)11-6-4-3-5-7-11/h3-8,10,13H,9H2,1-2H3/t13-,18+/m1/s1. The molecule has 0 unspecified atom stereocenters. The molecule has 1 aromatic rings. The van der Waals surface area contributed by atoms with Crippen LogP contribution in [0.3, 0.4) is 0 Å². The van der Waals surface area contributed by atoms with Crippen LogP contribution in [-0.4, -0.2) is 32.1 Å². The van der Waals surface area contributed by atoms with Crippen LogP contribution in [0.5, 0.6) is 0 Å². The highest BCUT2D eigenvalue weighted by Gasteiger charge is 2.61. The number of esters is 3. The Labute approximate surface area is 138 Å². The smallest absolute Gasteiger partial charge is 0.334 e. The van der Waals surface area contributed by atoms with E-state index >= 15 is 0 Å². The largest absolute Gasteiger partial charge is 0.468 e. The van der Waals surface area contributed by atoms with Crippen molar-refractivity contribution < 1.29 is 28.6 Å². The Kier molecular flexibility index (Phi) is 3.97. The first-order valence-electron chi connectivity index (χ1n) is 7.41. The zero-order valence-electron chi connectivity index (χ0n) is 13.3. The quantitative estimate of drug-likeness (QED) is 0.479. The Morgan fingerprint density at radius 3 is 2.50 bits per heavy atom. The van der Waals surface area contributed by atoms with E-state index in [0.29, 0.717) is 11.3 Å². The van der Waals surface area contributed by atoms with Crippen molar-refractivity contribution in [2.75, 3.05) is 14.2 Å². The van der Waals surface area contributed by atoms with Gasteiger partial charge >= 0.3 is 17.9 Å². The summed E-state index contributed by atoms with van der Waals surface area (Å²) in [5, 5.41) is 0. The van der Waals surface area contributed by atoms with Crippen LogP contribution in [0, 0.1) is 11.3 Å². The van der Waals surface area contributed by atoms with Crippen molar-refractivity contribution in [3.05, 3.63) is 53.6 Å². The normalized spacial score (nSPS) is 25.1. The number of fused-ring (bicyclic) bond motifs is 1. The number of carbonyl (C=O) groups is 3. The van der Waals surface area contributed by atoms with E-state index in [1.54, 1.807) is 36.4 Å². The lowest BCUT2D eigenvalue weighted by Gasteiger charge is -2.34. The number of hydrogen-bond acceptors (Lipinski definition) is 6. The molecule has 1 aliphatic heterocycles. The van der Waals surface area contributed by atoms with Gasteiger partial charge in [0.05, 0.1) is 14.2 Å². The number of cyclic esters (lactones) is 1. The monoisotopic (exact) mass is 328 g/mol. The average Bonchev–Trinajstić information content (AvgIpc) is 3.02. The average molecular weight is 328 g/mol. The van der Waals surface area contributed by atoms with Crippen LogP contribution < -0.4 is 0 Å². The molecule has 124 valence electrons. The molecular weight excluding hydrogens is 312 g/mol. The maximum absolute atomic E-state index is 12.7. The first kappa shape index (κ1) is 16.0. The number of ether oxygens (including phenoxy) is 3. The second-order valence-corrected chi connectivity index (χ2v) is 5.58. The van der Waals surface area contributed by atoms with Crippen molar-refractivity contribution in [3.8, 4) is 0 Å². The maximum Gasteiger partial charge on any atom is 0.334 e. The van der Waals surface area contributed by atoms with Gasteiger partial charge in [0.15, 0.2) is 5.41 Å². The summed E-state index contributed by atoms with van der Waals surface area (Å²) >= 11 is 0. The minimum atomic E-state index is -1.57. The molecule has 0 amide bonds. The van der Waals surface area contributed by atoms with Crippen LogP contribution >= 0.6 is 0 Å². The number of benzene rings is 1. The Balaban J connectivity index is 2.12. The second kappa shape index (κ2) is 5.96. The van der Waals surface area contributed by atoms with E-state index in [1.807, 2.05) is 6.07 Å². The molecule has 0 radical (unpaired) electrons. The van der Waals surface area contributed by atoms with Crippen molar-refractivity contribution in [2.24, 2.45) is 11.3 Å². The predicted octanol–water partition coefficient (Wildman–Crippen LogP) is 1.86. The van der Waals surface area contributed by atoms with Crippen molar-refractivity contribution in [3.63, 3.8) is 0 Å². The van der Waals surface area contributed by atoms with Crippen LogP contribution in [0.1, 0.15) is 12.0 Å². The Morgan fingerprint density at radius 1 is 1.17 bits per heavy atom. The summed E-state index contributed by atoms with van der Waals surface area (Å²) in [6.07, 6.45) is 3.19. The molecule has 6 nitrogen and oxygen atoms in total. The summed E-state index contributed by atoms with van der Waals surface area (Å²) in [6, 6.07) is 9.00. The fourth-order valence-electron chi connectivity index (χ4n) is 3.17. The summed E-state index contributed by atoms with van der Waals surface area (Å²) in [5.74, 6) is -2.51. The third-order valence-electron chi connectivity index (χ3n) is 4.42. The van der Waals surface area contributed by atoms with E-state index in [4.69, 9.17) is 14.2 Å². The fourth-order valence-corrected chi connectivity index (χ4v) is 3.17. The highest BCUT2D eigenvalue weighted by atomic mass is 16.6. The number of carbonyl (C=O) groups excluding carboxylic acids is 3. The number of rotatable bonds is 3. The minimum absolute atomic E-state index is 0.0339. The third kappa shape index (κ3) is 2.22. The van der Waals surface area contributed by atoms with Crippen LogP contribution in [0.25, 0.3) is 5.76 Å². The van der Waals surface area contributed by atoms with Crippen molar-refractivity contribution >= 4 is 23.7 Å². The minimum Gasteiger partial charge on any atom is -0.468 e. The predicted molar refractivity (Wildman–Crippen MR) is 83.2 cm³/mol. The van der Waals surface area contributed by atoms with Crippen molar-refractivity contribution in [1.29, 1.82) is 0 Å². The molecular formula is C18H16O6. The number of hydrogen-bond donors (Lipinski definition) is 0. The fraction of sp³-hybridized carbons (Fsp3) is 0.278. The molecule has 0 fully saturated rings. The van der Waals surface area contributed by atoms with Crippen LogP contribution in [0.4, 0.5) is 0 Å². The van der Waals surface area contributed by atoms with Gasteiger partial charge in [-0.05, 0) is 12.5 Å². The van der Waals surface area contributed by atoms with E-state index in [-0.39, 0.29) is 12.0 Å². The van der Waals surface area contributed by atoms with Crippen molar-refractivity contribution in [1.82, 2.24) is 0 Å². The molecule has 1 aromatic carbocycles. The van der Waals surface area contributed by atoms with Gasteiger partial charge in [-0.25, -0.2) is 4.79 Å². The number of allylic oxidation sites excluding steroid dienone is 2. The van der Waals surface area contributed by atoms with Gasteiger partial charge in [0.1, 0.15) is 5.76 Å². The zero-order chi connectivity index (χ0) is 17.3. The lowest BCUT2D eigenvalue weighted by molar-refractivity contribution is -0.169. The molecule has 0 N–H and O–H groups in total. The molecule has 1 heterocycles. The SMILES string of the molecule is COC(=O)C1=CC[C@]2(C(=O)OC)C(=O)OC(c3ccccc3)=C[C@H]12. The van der Waals surface area contributed by atoms with Gasteiger partial charge in [-0.1, -0.05) is 36.4 Å². The van der Waals surface area contributed by atoms with Crippen LogP contribution in [0.15, 0.2) is 48.1 Å². The maximum atomic E-state index is 12.7. The molecule has 0 saturated heterocycles. The first-order valence-corrected chi connectivity index (χ1v) is 7.41. The zero-order valence-corrected chi connectivity index (χ0v) is 13.3. The van der Waals surface area contributed by atoms with E-state index in [2.05, 4.69) is 0 Å². The highest BCUT2D eigenvalue weighted by Crippen LogP contribution is 2.50. The van der Waals surface area contributed by atoms with Gasteiger partial charge in [-0.15, -0.1) is 0 Å². The van der Waals surface area contributed by atoms with Crippen LogP contribution in [0.2, 0.25) is 0 Å². The van der Waals surface area contributed by atoms with Gasteiger partial charge in [0.2, 0.25) is 0 Å². The molecule has 3 rings (SSSR count). The Bertz CT molecular complexity index is 761. The molecule has 2 aliphatic rings. The van der Waals surface area contributed by atoms with Gasteiger partial charge in [-0.2, -0.15) is 0 Å². The van der Waals surface area contributed by atoms with E-state index < -0.39 is 29.2 Å². The summed E-state index contributed by atoms with van der Waals surface area (Å²) in [5.41, 5.74) is -0.635. The van der Waals surface area contributed by atoms with Crippen LogP contribution in [-0.2, 0) is 28.6 Å². The third-order valence-corrected chi connectivity index (χ3v) is 4.42. The Hall–Kier alpha value is -2.89. The molecule has 0 spiro atoms. The lowest BCUT2D eigenvalue weighted by atomic mass is 9.73. The highest BCUT2D eigenvalue weighted by molar-refractivity contribution is 6.08. The summed E-state index contributed by atoms with van der Waals surface area (Å²) in [7, 11) is 2.46. The Morgan fingerprint density at radius 2 is 1.88 bits per heavy atom. The van der Waals surface area contributed by atoms with E-state index in [9.17, 15) is 14.4 Å². The summed E-state index contributed by atoms with van der Waals surface area (Å²) < 4.78 is 15.0. The molecule has 2 atom stereocenters. The van der Waals surface area contributed by atoms with E-state index in [0.717, 1.165) is 0 Å². The van der Waals surface area contributed by atoms with Gasteiger partial charge in [0.25, 0.3) is 0 Å². The van der Waals surface area contributed by atoms with E-state index in [1.165, 1.54) is 14.2 Å². The molecule has 0 aromatic heterocycles. The summed E-state index contributed by atoms with van der Waals surface area (Å²) in [6.45, 7) is 0. The molecule has 24 heavy (non-hydrogen) atoms. The second-order valence-electron chi connectivity index (χ2n) is 5.58. The molecule has 0 saturated carbocycles. The first-order chi connectivity index (χ1) is 11.5. The molecule has 1 aliphatic carbocycles. The number of methoxy groups -OCH3 is 2.